The fraction of sp³-hybridized carbons (Fsp3) is 0.462. The maximum absolute atomic E-state index is 13.7. The third-order valence-corrected chi connectivity index (χ3v) is 3.07. The molecule has 0 fully saturated rings. The summed E-state index contributed by atoms with van der Waals surface area (Å²) in [5.41, 5.74) is 0.549. The van der Waals surface area contributed by atoms with Gasteiger partial charge in [0.1, 0.15) is 11.9 Å². The van der Waals surface area contributed by atoms with Crippen LogP contribution in [0.4, 0.5) is 4.39 Å². The number of aryl methyl sites for hydroxylation is 1. The molecular formula is C13H17FO4S. The highest BCUT2D eigenvalue weighted by atomic mass is 32.1. The lowest BCUT2D eigenvalue weighted by atomic mass is 9.99. The first-order chi connectivity index (χ1) is 8.95. The lowest BCUT2D eigenvalue weighted by molar-refractivity contribution is -0.136. The van der Waals surface area contributed by atoms with Crippen LogP contribution in [0.25, 0.3) is 0 Å². The quantitative estimate of drug-likeness (QED) is 0.574. The zero-order valence-electron chi connectivity index (χ0n) is 10.3. The number of hydrogen-bond acceptors (Lipinski definition) is 4. The fourth-order valence-electron chi connectivity index (χ4n) is 1.70. The Bertz CT molecular complexity index is 439. The summed E-state index contributed by atoms with van der Waals surface area (Å²) in [5.74, 6) is -1.15. The van der Waals surface area contributed by atoms with Crippen molar-refractivity contribution < 1.29 is 24.5 Å². The number of carbonyl (C=O) groups is 1. The normalized spacial score (nSPS) is 14.1. The van der Waals surface area contributed by atoms with E-state index in [1.54, 1.807) is 0 Å². The predicted molar refractivity (Wildman–Crippen MR) is 71.8 cm³/mol. The Kier molecular flexibility index (Phi) is 6.27. The number of benzene rings is 1. The van der Waals surface area contributed by atoms with Gasteiger partial charge in [-0.25, -0.2) is 4.39 Å². The lowest BCUT2D eigenvalue weighted by Crippen LogP contribution is -2.19. The topological polar surface area (TPSA) is 77.8 Å². The molecule has 106 valence electrons. The Hall–Kier alpha value is -1.11. The van der Waals surface area contributed by atoms with Gasteiger partial charge in [-0.2, -0.15) is 12.6 Å². The number of hydrogen-bond donors (Lipinski definition) is 4. The van der Waals surface area contributed by atoms with Crippen molar-refractivity contribution in [3.63, 3.8) is 0 Å². The second kappa shape index (κ2) is 7.47. The molecule has 0 aliphatic carbocycles. The van der Waals surface area contributed by atoms with Crippen molar-refractivity contribution in [1.82, 2.24) is 0 Å². The van der Waals surface area contributed by atoms with Gasteiger partial charge < -0.3 is 15.3 Å². The van der Waals surface area contributed by atoms with Gasteiger partial charge in [-0.05, 0) is 35.8 Å². The van der Waals surface area contributed by atoms with Gasteiger partial charge in [-0.1, -0.05) is 12.1 Å². The molecule has 0 aliphatic heterocycles. The molecule has 2 unspecified atom stereocenters. The third-order valence-electron chi connectivity index (χ3n) is 2.82. The Labute approximate surface area is 116 Å². The smallest absolute Gasteiger partial charge is 0.303 e. The van der Waals surface area contributed by atoms with Crippen LogP contribution in [0.1, 0.15) is 30.1 Å². The predicted octanol–water partition coefficient (Wildman–Crippen LogP) is 1.56. The highest BCUT2D eigenvalue weighted by molar-refractivity contribution is 7.80. The van der Waals surface area contributed by atoms with Crippen LogP contribution in [-0.4, -0.2) is 33.1 Å². The van der Waals surface area contributed by atoms with Gasteiger partial charge in [0.2, 0.25) is 0 Å². The lowest BCUT2D eigenvalue weighted by Gasteiger charge is -2.18. The SMILES string of the molecule is O=C(O)CCc1ccc(C(O)C(O)CCS)cc1F. The van der Waals surface area contributed by atoms with Crippen LogP contribution in [0.3, 0.4) is 0 Å². The second-order valence-electron chi connectivity index (χ2n) is 4.27. The van der Waals surface area contributed by atoms with E-state index < -0.39 is 24.0 Å². The van der Waals surface area contributed by atoms with E-state index in [0.29, 0.717) is 12.2 Å². The molecule has 0 heterocycles. The van der Waals surface area contributed by atoms with Crippen molar-refractivity contribution in [1.29, 1.82) is 0 Å². The van der Waals surface area contributed by atoms with E-state index in [0.717, 1.165) is 6.07 Å². The number of aliphatic hydroxyl groups is 2. The molecule has 0 saturated heterocycles. The Balaban J connectivity index is 2.78. The molecule has 2 atom stereocenters. The minimum Gasteiger partial charge on any atom is -0.481 e. The van der Waals surface area contributed by atoms with Gasteiger partial charge >= 0.3 is 5.97 Å². The number of aliphatic hydroxyl groups excluding tert-OH is 2. The average Bonchev–Trinajstić information content (AvgIpc) is 2.36. The van der Waals surface area contributed by atoms with Crippen molar-refractivity contribution in [2.75, 3.05) is 5.75 Å². The van der Waals surface area contributed by atoms with E-state index in [1.165, 1.54) is 12.1 Å². The summed E-state index contributed by atoms with van der Waals surface area (Å²) in [4.78, 5) is 10.4. The number of aliphatic carboxylic acids is 1. The fourth-order valence-corrected chi connectivity index (χ4v) is 1.97. The standard InChI is InChI=1S/C13H17FO4S/c14-10-7-9(13(18)11(15)5-6-19)2-1-8(10)3-4-12(16)17/h1-2,7,11,13,15,18-19H,3-6H2,(H,16,17). The zero-order chi connectivity index (χ0) is 14.4. The molecule has 1 aromatic carbocycles. The van der Waals surface area contributed by atoms with Crippen molar-refractivity contribution in [2.45, 2.75) is 31.5 Å². The number of rotatable bonds is 7. The minimum absolute atomic E-state index is 0.0940. The number of carboxylic acids is 1. The van der Waals surface area contributed by atoms with E-state index in [1.807, 2.05) is 0 Å². The molecule has 1 aromatic rings. The Morgan fingerprint density at radius 3 is 2.58 bits per heavy atom. The Morgan fingerprint density at radius 2 is 2.05 bits per heavy atom. The van der Waals surface area contributed by atoms with E-state index in [4.69, 9.17) is 5.11 Å². The molecule has 6 heteroatoms. The van der Waals surface area contributed by atoms with Crippen molar-refractivity contribution >= 4 is 18.6 Å². The molecule has 0 bridgehead atoms. The highest BCUT2D eigenvalue weighted by Crippen LogP contribution is 2.22. The number of halogens is 1. The third kappa shape index (κ3) is 4.81. The number of carboxylic acid groups (broad SMARTS) is 1. The van der Waals surface area contributed by atoms with Crippen LogP contribution in [0.15, 0.2) is 18.2 Å². The largest absolute Gasteiger partial charge is 0.481 e. The van der Waals surface area contributed by atoms with Crippen LogP contribution < -0.4 is 0 Å². The zero-order valence-corrected chi connectivity index (χ0v) is 11.2. The molecule has 0 spiro atoms. The molecule has 3 N–H and O–H groups in total. The highest BCUT2D eigenvalue weighted by Gasteiger charge is 2.19. The maximum Gasteiger partial charge on any atom is 0.303 e. The van der Waals surface area contributed by atoms with Crippen LogP contribution >= 0.6 is 12.6 Å². The van der Waals surface area contributed by atoms with E-state index in [-0.39, 0.29) is 24.0 Å². The molecule has 0 aliphatic rings. The van der Waals surface area contributed by atoms with E-state index in [2.05, 4.69) is 12.6 Å². The van der Waals surface area contributed by atoms with Crippen LogP contribution in [0.5, 0.6) is 0 Å². The van der Waals surface area contributed by atoms with Crippen LogP contribution in [0, 0.1) is 5.82 Å². The summed E-state index contributed by atoms with van der Waals surface area (Å²) < 4.78 is 13.7. The van der Waals surface area contributed by atoms with Gasteiger partial charge in [0.15, 0.2) is 0 Å². The van der Waals surface area contributed by atoms with Gasteiger partial charge in [0, 0.05) is 6.42 Å². The summed E-state index contributed by atoms with van der Waals surface area (Å²) >= 11 is 3.95. The molecule has 19 heavy (non-hydrogen) atoms. The maximum atomic E-state index is 13.7. The van der Waals surface area contributed by atoms with E-state index in [9.17, 15) is 19.4 Å². The molecule has 0 radical (unpaired) electrons. The summed E-state index contributed by atoms with van der Waals surface area (Å²) in [6, 6.07) is 4.06. The summed E-state index contributed by atoms with van der Waals surface area (Å²) in [5, 5.41) is 28.0. The first-order valence-electron chi connectivity index (χ1n) is 5.92. The van der Waals surface area contributed by atoms with Crippen molar-refractivity contribution in [3.8, 4) is 0 Å². The minimum atomic E-state index is -1.17. The van der Waals surface area contributed by atoms with Gasteiger partial charge in [0.05, 0.1) is 6.10 Å². The number of thiol groups is 1. The van der Waals surface area contributed by atoms with Crippen LogP contribution in [-0.2, 0) is 11.2 Å². The Morgan fingerprint density at radius 1 is 1.37 bits per heavy atom. The van der Waals surface area contributed by atoms with Crippen LogP contribution in [0.2, 0.25) is 0 Å². The average molecular weight is 288 g/mol. The van der Waals surface area contributed by atoms with Gasteiger partial charge in [-0.3, -0.25) is 4.79 Å². The first kappa shape index (κ1) is 15.9. The monoisotopic (exact) mass is 288 g/mol. The molecule has 0 amide bonds. The molecule has 1 rings (SSSR count). The molecular weight excluding hydrogens is 271 g/mol. The van der Waals surface area contributed by atoms with Crippen molar-refractivity contribution in [2.24, 2.45) is 0 Å². The second-order valence-corrected chi connectivity index (χ2v) is 4.72. The first-order valence-corrected chi connectivity index (χ1v) is 6.56. The van der Waals surface area contributed by atoms with E-state index >= 15 is 0 Å². The summed E-state index contributed by atoms with van der Waals surface area (Å²) in [6.45, 7) is 0. The van der Waals surface area contributed by atoms with Crippen molar-refractivity contribution in [3.05, 3.63) is 35.1 Å². The molecule has 0 aromatic heterocycles. The van der Waals surface area contributed by atoms with Gasteiger partial charge in [0.25, 0.3) is 0 Å². The summed E-state index contributed by atoms with van der Waals surface area (Å²) in [7, 11) is 0. The van der Waals surface area contributed by atoms with Gasteiger partial charge in [-0.15, -0.1) is 0 Å². The molecule has 0 saturated carbocycles. The summed E-state index contributed by atoms with van der Waals surface area (Å²) in [6.07, 6.45) is -1.93. The molecule has 4 nitrogen and oxygen atoms in total.